The van der Waals surface area contributed by atoms with E-state index in [1.807, 2.05) is 0 Å². The summed E-state index contributed by atoms with van der Waals surface area (Å²) in [6.07, 6.45) is 0.573. The summed E-state index contributed by atoms with van der Waals surface area (Å²) < 4.78 is 0. The fourth-order valence-electron chi connectivity index (χ4n) is 0.184. The van der Waals surface area contributed by atoms with Crippen LogP contribution in [-0.4, -0.2) is 17.4 Å². The summed E-state index contributed by atoms with van der Waals surface area (Å²) in [6, 6.07) is -0.192. The lowest BCUT2D eigenvalue weighted by Crippen LogP contribution is -2.36. The summed E-state index contributed by atoms with van der Waals surface area (Å²) in [6.45, 7) is 1.72. The first-order valence-electron chi connectivity index (χ1n) is 2.17. The molecule has 0 aromatic carbocycles. The molecule has 46 valence electrons. The molecule has 0 aliphatic carbocycles. The van der Waals surface area contributed by atoms with Crippen molar-refractivity contribution in [3.8, 4) is 0 Å². The van der Waals surface area contributed by atoms with Crippen LogP contribution in [0.4, 0.5) is 0 Å². The van der Waals surface area contributed by atoms with Crippen molar-refractivity contribution < 1.29 is 4.79 Å². The third-order valence-electron chi connectivity index (χ3n) is 0.745. The van der Waals surface area contributed by atoms with Gasteiger partial charge >= 0.3 is 0 Å². The molecule has 8 heavy (non-hydrogen) atoms. The Morgan fingerprint density at radius 3 is 2.62 bits per heavy atom. The number of nitrogens with one attached hydrogen (secondary N) is 1. The molecule has 0 fully saturated rings. The Bertz CT molecular complexity index is 104. The summed E-state index contributed by atoms with van der Waals surface area (Å²) in [5.74, 6) is 0. The standard InChI is InChI=1S/C4H8N2OS/c1-3(4(5)8)6-2-7/h2-3H,1H3,(H2,5,8)(H,6,7). The van der Waals surface area contributed by atoms with E-state index in [0.717, 1.165) is 0 Å². The zero-order chi connectivity index (χ0) is 6.57. The van der Waals surface area contributed by atoms with Gasteiger partial charge in [-0.3, -0.25) is 4.79 Å². The third kappa shape index (κ3) is 2.52. The van der Waals surface area contributed by atoms with Gasteiger partial charge in [0.1, 0.15) is 0 Å². The predicted octanol–water partition coefficient (Wildman–Crippen LogP) is -0.593. The van der Waals surface area contributed by atoms with Crippen LogP contribution in [0.25, 0.3) is 0 Å². The molecule has 0 aromatic rings. The summed E-state index contributed by atoms with van der Waals surface area (Å²) in [5.41, 5.74) is 5.13. The molecule has 0 saturated carbocycles. The minimum Gasteiger partial charge on any atom is -0.392 e. The molecule has 3 nitrogen and oxygen atoms in total. The van der Waals surface area contributed by atoms with E-state index >= 15 is 0 Å². The van der Waals surface area contributed by atoms with Gasteiger partial charge in [-0.2, -0.15) is 0 Å². The van der Waals surface area contributed by atoms with Crippen LogP contribution in [0.5, 0.6) is 0 Å². The van der Waals surface area contributed by atoms with Gasteiger partial charge in [0.2, 0.25) is 6.41 Å². The third-order valence-corrected chi connectivity index (χ3v) is 1.10. The highest BCUT2D eigenvalue weighted by molar-refractivity contribution is 7.80. The number of carbonyl (C=O) groups excluding carboxylic acids is 1. The molecule has 0 aliphatic rings. The first-order chi connectivity index (χ1) is 3.68. The minimum absolute atomic E-state index is 0.192. The fraction of sp³-hybridized carbons (Fsp3) is 0.500. The molecule has 0 rings (SSSR count). The SMILES string of the molecule is CC(NC=O)C(N)=S. The van der Waals surface area contributed by atoms with Crippen molar-refractivity contribution in [3.05, 3.63) is 0 Å². The summed E-state index contributed by atoms with van der Waals surface area (Å²) >= 11 is 4.54. The van der Waals surface area contributed by atoms with Crippen LogP contribution in [0.3, 0.4) is 0 Å². The van der Waals surface area contributed by atoms with E-state index in [2.05, 4.69) is 17.5 Å². The Hall–Kier alpha value is -0.640. The largest absolute Gasteiger partial charge is 0.392 e. The van der Waals surface area contributed by atoms with Crippen molar-refractivity contribution in [2.24, 2.45) is 5.73 Å². The van der Waals surface area contributed by atoms with Gasteiger partial charge in [-0.15, -0.1) is 0 Å². The maximum Gasteiger partial charge on any atom is 0.207 e. The molecule has 0 heterocycles. The zero-order valence-electron chi connectivity index (χ0n) is 4.55. The van der Waals surface area contributed by atoms with Gasteiger partial charge in [-0.1, -0.05) is 12.2 Å². The van der Waals surface area contributed by atoms with Gasteiger partial charge in [-0.25, -0.2) is 0 Å². The Morgan fingerprint density at radius 1 is 2.00 bits per heavy atom. The molecule has 0 spiro atoms. The summed E-state index contributed by atoms with van der Waals surface area (Å²) in [5, 5.41) is 2.40. The van der Waals surface area contributed by atoms with Crippen molar-refractivity contribution in [1.29, 1.82) is 0 Å². The van der Waals surface area contributed by atoms with Crippen molar-refractivity contribution in [3.63, 3.8) is 0 Å². The minimum atomic E-state index is -0.192. The second kappa shape index (κ2) is 3.37. The van der Waals surface area contributed by atoms with E-state index in [0.29, 0.717) is 11.4 Å². The molecule has 0 aliphatic heterocycles. The number of thiocarbonyl (C=S) groups is 1. The molecule has 0 aromatic heterocycles. The fourth-order valence-corrected chi connectivity index (χ4v) is 0.252. The Labute approximate surface area is 53.2 Å². The van der Waals surface area contributed by atoms with Crippen molar-refractivity contribution in [2.45, 2.75) is 13.0 Å². The molecular formula is C4H8N2OS. The average Bonchev–Trinajstić information content (AvgIpc) is 1.67. The van der Waals surface area contributed by atoms with Crippen LogP contribution >= 0.6 is 12.2 Å². The first-order valence-corrected chi connectivity index (χ1v) is 2.58. The second-order valence-corrected chi connectivity index (χ2v) is 1.88. The number of nitrogens with two attached hydrogens (primary N) is 1. The van der Waals surface area contributed by atoms with E-state index < -0.39 is 0 Å². The van der Waals surface area contributed by atoms with E-state index in [4.69, 9.17) is 5.73 Å². The second-order valence-electron chi connectivity index (χ2n) is 1.41. The lowest BCUT2D eigenvalue weighted by atomic mass is 10.3. The molecule has 0 saturated heterocycles. The Kier molecular flexibility index (Phi) is 3.10. The topological polar surface area (TPSA) is 55.1 Å². The van der Waals surface area contributed by atoms with Gasteiger partial charge in [0, 0.05) is 0 Å². The molecule has 1 unspecified atom stereocenters. The number of hydrogen-bond donors (Lipinski definition) is 2. The highest BCUT2D eigenvalue weighted by Crippen LogP contribution is 1.76. The van der Waals surface area contributed by atoms with Gasteiger partial charge < -0.3 is 11.1 Å². The number of hydrogen-bond acceptors (Lipinski definition) is 2. The lowest BCUT2D eigenvalue weighted by Gasteiger charge is -2.04. The molecule has 1 atom stereocenters. The van der Waals surface area contributed by atoms with Crippen LogP contribution < -0.4 is 11.1 Å². The maximum absolute atomic E-state index is 9.69. The average molecular weight is 132 g/mol. The Balaban J connectivity index is 3.46. The highest BCUT2D eigenvalue weighted by Gasteiger charge is 1.99. The Morgan fingerprint density at radius 2 is 2.50 bits per heavy atom. The van der Waals surface area contributed by atoms with Crippen LogP contribution in [0.1, 0.15) is 6.92 Å². The molecular weight excluding hydrogens is 124 g/mol. The molecule has 1 amide bonds. The number of rotatable bonds is 3. The summed E-state index contributed by atoms with van der Waals surface area (Å²) in [4.78, 5) is 10.00. The van der Waals surface area contributed by atoms with Gasteiger partial charge in [0.25, 0.3) is 0 Å². The highest BCUT2D eigenvalue weighted by atomic mass is 32.1. The van der Waals surface area contributed by atoms with Gasteiger partial charge in [0.05, 0.1) is 11.0 Å². The van der Waals surface area contributed by atoms with Crippen LogP contribution in [-0.2, 0) is 4.79 Å². The quantitative estimate of drug-likeness (QED) is 0.398. The molecule has 0 radical (unpaired) electrons. The normalized spacial score (nSPS) is 12.1. The molecule has 3 N–H and O–H groups in total. The van der Waals surface area contributed by atoms with Gasteiger partial charge in [0.15, 0.2) is 0 Å². The van der Waals surface area contributed by atoms with Crippen molar-refractivity contribution in [2.75, 3.05) is 0 Å². The molecule has 4 heteroatoms. The van der Waals surface area contributed by atoms with E-state index in [-0.39, 0.29) is 6.04 Å². The van der Waals surface area contributed by atoms with E-state index in [9.17, 15) is 4.79 Å². The maximum atomic E-state index is 9.69. The lowest BCUT2D eigenvalue weighted by molar-refractivity contribution is -0.109. The van der Waals surface area contributed by atoms with Crippen molar-refractivity contribution >= 4 is 23.6 Å². The smallest absolute Gasteiger partial charge is 0.207 e. The first kappa shape index (κ1) is 7.36. The van der Waals surface area contributed by atoms with Crippen LogP contribution in [0.2, 0.25) is 0 Å². The van der Waals surface area contributed by atoms with E-state index in [1.54, 1.807) is 6.92 Å². The molecule has 0 bridgehead atoms. The zero-order valence-corrected chi connectivity index (χ0v) is 5.37. The predicted molar refractivity (Wildman–Crippen MR) is 35.4 cm³/mol. The number of carbonyl (C=O) groups is 1. The monoisotopic (exact) mass is 132 g/mol. The van der Waals surface area contributed by atoms with Crippen LogP contribution in [0.15, 0.2) is 0 Å². The summed E-state index contributed by atoms with van der Waals surface area (Å²) in [7, 11) is 0. The van der Waals surface area contributed by atoms with Gasteiger partial charge in [-0.05, 0) is 6.92 Å². The van der Waals surface area contributed by atoms with E-state index in [1.165, 1.54) is 0 Å². The number of amides is 1. The van der Waals surface area contributed by atoms with Crippen LogP contribution in [0, 0.1) is 0 Å². The van der Waals surface area contributed by atoms with Crippen molar-refractivity contribution in [1.82, 2.24) is 5.32 Å².